The molecule has 5 nitrogen and oxygen atoms in total. The number of nitrogens with one attached hydrogen (secondary N) is 2. The second kappa shape index (κ2) is 8.17. The number of rotatable bonds is 8. The Hall–Kier alpha value is -1.20. The highest BCUT2D eigenvalue weighted by Gasteiger charge is 2.13. The molecule has 1 aromatic heterocycles. The molecule has 20 heavy (non-hydrogen) atoms. The molecule has 0 radical (unpaired) electrons. The average molecular weight is 280 g/mol. The van der Waals surface area contributed by atoms with Crippen LogP contribution in [0.4, 0.5) is 0 Å². The minimum Gasteiger partial charge on any atom is -0.310 e. The first-order chi connectivity index (χ1) is 9.49. The summed E-state index contributed by atoms with van der Waals surface area (Å²) in [6.07, 6.45) is 1.09. The van der Waals surface area contributed by atoms with Gasteiger partial charge in [-0.05, 0) is 53.4 Å². The van der Waals surface area contributed by atoms with Gasteiger partial charge in [0.1, 0.15) is 5.82 Å². The summed E-state index contributed by atoms with van der Waals surface area (Å²) < 4.78 is 0. The first-order valence-corrected chi connectivity index (χ1v) is 7.52. The summed E-state index contributed by atoms with van der Waals surface area (Å²) in [5.41, 5.74) is 1.53. The summed E-state index contributed by atoms with van der Waals surface area (Å²) in [5, 5.41) is 3.42. The normalized spacial score (nSPS) is 12.9. The van der Waals surface area contributed by atoms with Gasteiger partial charge in [0, 0.05) is 11.7 Å². The maximum atomic E-state index is 12.0. The monoisotopic (exact) mass is 280 g/mol. The lowest BCUT2D eigenvalue weighted by Crippen LogP contribution is -2.31. The van der Waals surface area contributed by atoms with Crippen LogP contribution in [0.15, 0.2) is 4.79 Å². The minimum absolute atomic E-state index is 0.0289. The summed E-state index contributed by atoms with van der Waals surface area (Å²) in [5.74, 6) is 0.671. The van der Waals surface area contributed by atoms with Crippen LogP contribution in [0.5, 0.6) is 0 Å². The van der Waals surface area contributed by atoms with E-state index in [9.17, 15) is 4.79 Å². The van der Waals surface area contributed by atoms with Crippen LogP contribution >= 0.6 is 0 Å². The maximum absolute atomic E-state index is 12.0. The molecule has 114 valence electrons. The fourth-order valence-electron chi connectivity index (χ4n) is 2.51. The van der Waals surface area contributed by atoms with E-state index in [1.165, 1.54) is 0 Å². The van der Waals surface area contributed by atoms with Gasteiger partial charge < -0.3 is 15.2 Å². The molecule has 0 saturated carbocycles. The number of aryl methyl sites for hydroxylation is 2. The van der Waals surface area contributed by atoms with Gasteiger partial charge in [0.05, 0.1) is 5.56 Å². The van der Waals surface area contributed by atoms with Gasteiger partial charge in [0.15, 0.2) is 0 Å². The second-order valence-electron chi connectivity index (χ2n) is 5.21. The van der Waals surface area contributed by atoms with Gasteiger partial charge in [0.2, 0.25) is 0 Å². The molecule has 0 fully saturated rings. The average Bonchev–Trinajstić information content (AvgIpc) is 2.37. The quantitative estimate of drug-likeness (QED) is 0.713. The summed E-state index contributed by atoms with van der Waals surface area (Å²) in [6, 6.07) is 0.0311. The molecule has 5 heteroatoms. The molecule has 2 N–H and O–H groups in total. The predicted octanol–water partition coefficient (Wildman–Crippen LogP) is 1.77. The first kappa shape index (κ1) is 16.9. The van der Waals surface area contributed by atoms with Crippen LogP contribution < -0.4 is 10.9 Å². The Bertz CT molecular complexity index is 465. The second-order valence-corrected chi connectivity index (χ2v) is 5.21. The van der Waals surface area contributed by atoms with Crippen molar-refractivity contribution in [2.75, 3.05) is 26.2 Å². The summed E-state index contributed by atoms with van der Waals surface area (Å²) in [4.78, 5) is 21.5. The number of H-pyrrole nitrogens is 1. The Labute approximate surface area is 121 Å². The van der Waals surface area contributed by atoms with Crippen molar-refractivity contribution in [3.8, 4) is 0 Å². The van der Waals surface area contributed by atoms with Crippen LogP contribution in [0, 0.1) is 13.8 Å². The largest absolute Gasteiger partial charge is 0.310 e. The molecule has 0 bridgehead atoms. The van der Waals surface area contributed by atoms with Crippen LogP contribution in [0.25, 0.3) is 0 Å². The van der Waals surface area contributed by atoms with Crippen molar-refractivity contribution in [1.29, 1.82) is 0 Å². The van der Waals surface area contributed by atoms with Gasteiger partial charge >= 0.3 is 0 Å². The van der Waals surface area contributed by atoms with Crippen molar-refractivity contribution in [2.24, 2.45) is 0 Å². The van der Waals surface area contributed by atoms with Gasteiger partial charge in [0.25, 0.3) is 5.56 Å². The van der Waals surface area contributed by atoms with Crippen molar-refractivity contribution in [1.82, 2.24) is 20.2 Å². The number of aromatic amines is 1. The predicted molar refractivity (Wildman–Crippen MR) is 83.2 cm³/mol. The molecule has 0 aliphatic rings. The lowest BCUT2D eigenvalue weighted by molar-refractivity contribution is 0.296. The first-order valence-electron chi connectivity index (χ1n) is 7.52. The Balaban J connectivity index is 2.52. The van der Waals surface area contributed by atoms with E-state index < -0.39 is 0 Å². The number of aromatic nitrogens is 2. The molecule has 0 aromatic carbocycles. The molecule has 0 amide bonds. The smallest absolute Gasteiger partial charge is 0.255 e. The van der Waals surface area contributed by atoms with E-state index in [-0.39, 0.29) is 11.6 Å². The van der Waals surface area contributed by atoms with E-state index in [1.807, 2.05) is 13.8 Å². The zero-order valence-corrected chi connectivity index (χ0v) is 13.4. The summed E-state index contributed by atoms with van der Waals surface area (Å²) in [6.45, 7) is 14.3. The van der Waals surface area contributed by atoms with Crippen LogP contribution in [0.2, 0.25) is 0 Å². The lowest BCUT2D eigenvalue weighted by atomic mass is 10.1. The maximum Gasteiger partial charge on any atom is 0.255 e. The third kappa shape index (κ3) is 4.72. The molecule has 1 rings (SSSR count). The van der Waals surface area contributed by atoms with E-state index >= 15 is 0 Å². The Morgan fingerprint density at radius 2 is 1.95 bits per heavy atom. The van der Waals surface area contributed by atoms with E-state index in [1.54, 1.807) is 6.92 Å². The van der Waals surface area contributed by atoms with Gasteiger partial charge in [-0.3, -0.25) is 4.79 Å². The molecule has 1 heterocycles. The van der Waals surface area contributed by atoms with Crippen molar-refractivity contribution >= 4 is 0 Å². The summed E-state index contributed by atoms with van der Waals surface area (Å²) in [7, 11) is 0. The van der Waals surface area contributed by atoms with Gasteiger partial charge in [-0.1, -0.05) is 13.8 Å². The van der Waals surface area contributed by atoms with Crippen molar-refractivity contribution in [2.45, 2.75) is 47.1 Å². The highest BCUT2D eigenvalue weighted by molar-refractivity contribution is 5.19. The van der Waals surface area contributed by atoms with E-state index in [0.717, 1.165) is 43.9 Å². The molecule has 0 aliphatic carbocycles. The minimum atomic E-state index is -0.0289. The molecule has 0 spiro atoms. The highest BCUT2D eigenvalue weighted by atomic mass is 16.1. The number of nitrogens with zero attached hydrogens (tertiary/aromatic N) is 2. The van der Waals surface area contributed by atoms with Gasteiger partial charge in [-0.2, -0.15) is 0 Å². The van der Waals surface area contributed by atoms with Gasteiger partial charge in [-0.15, -0.1) is 0 Å². The molecule has 1 atom stereocenters. The molecule has 0 aliphatic heterocycles. The Kier molecular flexibility index (Phi) is 6.88. The van der Waals surface area contributed by atoms with Crippen molar-refractivity contribution in [3.63, 3.8) is 0 Å². The standard InChI is InChI=1S/C15H28N4O/c1-6-19(7-2)10-8-9-16-11(3)14-12(4)17-13(5)18-15(14)20/h11,16H,6-10H2,1-5H3,(H,17,18,20). The fraction of sp³-hybridized carbons (Fsp3) is 0.733. The van der Waals surface area contributed by atoms with E-state index in [4.69, 9.17) is 0 Å². The lowest BCUT2D eigenvalue weighted by Gasteiger charge is -2.19. The van der Waals surface area contributed by atoms with Crippen LogP contribution in [0.1, 0.15) is 50.3 Å². The molecule has 0 saturated heterocycles. The zero-order valence-electron chi connectivity index (χ0n) is 13.4. The van der Waals surface area contributed by atoms with E-state index in [0.29, 0.717) is 5.82 Å². The van der Waals surface area contributed by atoms with Crippen LogP contribution in [-0.4, -0.2) is 41.0 Å². The Morgan fingerprint density at radius 1 is 1.30 bits per heavy atom. The number of hydrogen-bond donors (Lipinski definition) is 2. The molecule has 1 unspecified atom stereocenters. The summed E-state index contributed by atoms with van der Waals surface area (Å²) >= 11 is 0. The molecular formula is C15H28N4O. The number of hydrogen-bond acceptors (Lipinski definition) is 4. The molecular weight excluding hydrogens is 252 g/mol. The third-order valence-electron chi connectivity index (χ3n) is 3.69. The third-order valence-corrected chi connectivity index (χ3v) is 3.69. The zero-order chi connectivity index (χ0) is 15.1. The highest BCUT2D eigenvalue weighted by Crippen LogP contribution is 2.10. The Morgan fingerprint density at radius 3 is 2.50 bits per heavy atom. The van der Waals surface area contributed by atoms with Gasteiger partial charge in [-0.25, -0.2) is 4.98 Å². The SMILES string of the molecule is CCN(CC)CCCNC(C)c1c(C)nc(C)[nH]c1=O. The van der Waals surface area contributed by atoms with Crippen LogP contribution in [-0.2, 0) is 0 Å². The fourth-order valence-corrected chi connectivity index (χ4v) is 2.51. The van der Waals surface area contributed by atoms with E-state index in [2.05, 4.69) is 34.0 Å². The van der Waals surface area contributed by atoms with Crippen LogP contribution in [0.3, 0.4) is 0 Å². The topological polar surface area (TPSA) is 61.0 Å². The van der Waals surface area contributed by atoms with Crippen molar-refractivity contribution in [3.05, 3.63) is 27.4 Å². The molecule has 1 aromatic rings. The van der Waals surface area contributed by atoms with Crippen molar-refractivity contribution < 1.29 is 0 Å².